The number of carbonyl (C=O) groups excluding carboxylic acids is 3. The summed E-state index contributed by atoms with van der Waals surface area (Å²) in [6.07, 6.45) is 5.38. The molecule has 0 saturated heterocycles. The minimum absolute atomic E-state index is 0.0221. The molecule has 0 rings (SSSR count). The predicted octanol–water partition coefficient (Wildman–Crippen LogP) is 2.37. The molecule has 0 spiro atoms. The lowest BCUT2D eigenvalue weighted by molar-refractivity contribution is -0.132. The number of rotatable bonds is 15. The van der Waals surface area contributed by atoms with Crippen molar-refractivity contribution >= 4 is 18.1 Å². The minimum Gasteiger partial charge on any atom is -0.348 e. The first-order chi connectivity index (χ1) is 12.4. The summed E-state index contributed by atoms with van der Waals surface area (Å²) >= 11 is 0. The molecule has 0 bridgehead atoms. The van der Waals surface area contributed by atoms with Gasteiger partial charge in [0.05, 0.1) is 6.54 Å². The third-order valence-corrected chi connectivity index (χ3v) is 4.70. The first kappa shape index (κ1) is 24.6. The third-order valence-electron chi connectivity index (χ3n) is 4.70. The van der Waals surface area contributed by atoms with Crippen LogP contribution in [0.25, 0.3) is 0 Å². The number of aldehydes is 1. The number of hydrogen-bond acceptors (Lipinski definition) is 4. The molecule has 0 aromatic carbocycles. The highest BCUT2D eigenvalue weighted by Gasteiger charge is 2.24. The number of amides is 2. The number of carbonyl (C=O) groups is 3. The Labute approximate surface area is 159 Å². The van der Waals surface area contributed by atoms with Gasteiger partial charge in [-0.15, -0.1) is 0 Å². The number of nitrogens with one attached hydrogen (secondary N) is 2. The zero-order chi connectivity index (χ0) is 19.9. The van der Waals surface area contributed by atoms with E-state index in [1.807, 2.05) is 20.8 Å². The molecule has 0 saturated carbocycles. The van der Waals surface area contributed by atoms with Gasteiger partial charge in [-0.3, -0.25) is 9.59 Å². The highest BCUT2D eigenvalue weighted by molar-refractivity contribution is 5.89. The van der Waals surface area contributed by atoms with Gasteiger partial charge in [-0.05, 0) is 57.7 Å². The van der Waals surface area contributed by atoms with Crippen LogP contribution in [-0.2, 0) is 14.4 Å². The molecule has 6 heteroatoms. The van der Waals surface area contributed by atoms with Crippen LogP contribution in [0.15, 0.2) is 0 Å². The summed E-state index contributed by atoms with van der Waals surface area (Å²) in [6, 6.07) is -0.575. The Morgan fingerprint density at radius 3 is 2.08 bits per heavy atom. The van der Waals surface area contributed by atoms with Crippen LogP contribution < -0.4 is 10.6 Å². The van der Waals surface area contributed by atoms with Gasteiger partial charge in [0.15, 0.2) is 0 Å². The molecular formula is C20H39N3O3. The second-order valence-corrected chi connectivity index (χ2v) is 7.34. The minimum atomic E-state index is -0.575. The molecule has 26 heavy (non-hydrogen) atoms. The zero-order valence-corrected chi connectivity index (χ0v) is 17.3. The summed E-state index contributed by atoms with van der Waals surface area (Å²) in [4.78, 5) is 37.5. The summed E-state index contributed by atoms with van der Waals surface area (Å²) in [6.45, 7) is 13.4. The Kier molecular flexibility index (Phi) is 13.9. The van der Waals surface area contributed by atoms with Gasteiger partial charge in [0.2, 0.25) is 11.8 Å². The molecule has 0 aromatic heterocycles. The van der Waals surface area contributed by atoms with Gasteiger partial charge in [-0.25, -0.2) is 0 Å². The van der Waals surface area contributed by atoms with Crippen molar-refractivity contribution in [2.45, 2.75) is 72.8 Å². The fraction of sp³-hybridized carbons (Fsp3) is 0.850. The lowest BCUT2D eigenvalue weighted by Gasteiger charge is -2.23. The van der Waals surface area contributed by atoms with E-state index in [0.29, 0.717) is 12.7 Å². The second kappa shape index (κ2) is 14.7. The number of unbranched alkanes of at least 4 members (excludes halogenated alkanes) is 1. The van der Waals surface area contributed by atoms with E-state index in [9.17, 15) is 14.4 Å². The first-order valence-electron chi connectivity index (χ1n) is 10.1. The van der Waals surface area contributed by atoms with Crippen molar-refractivity contribution in [2.24, 2.45) is 11.8 Å². The summed E-state index contributed by atoms with van der Waals surface area (Å²) < 4.78 is 0. The van der Waals surface area contributed by atoms with Crippen molar-refractivity contribution in [1.82, 2.24) is 15.5 Å². The molecule has 2 amide bonds. The molecule has 2 unspecified atom stereocenters. The summed E-state index contributed by atoms with van der Waals surface area (Å²) in [5.41, 5.74) is 0. The molecule has 0 heterocycles. The Hall–Kier alpha value is -1.43. The van der Waals surface area contributed by atoms with Crippen molar-refractivity contribution < 1.29 is 14.4 Å². The van der Waals surface area contributed by atoms with E-state index in [1.165, 1.54) is 0 Å². The van der Waals surface area contributed by atoms with E-state index >= 15 is 0 Å². The van der Waals surface area contributed by atoms with E-state index in [4.69, 9.17) is 0 Å². The van der Waals surface area contributed by atoms with E-state index < -0.39 is 6.04 Å². The molecule has 2 atom stereocenters. The van der Waals surface area contributed by atoms with Gasteiger partial charge in [0, 0.05) is 5.92 Å². The van der Waals surface area contributed by atoms with Gasteiger partial charge in [-0.1, -0.05) is 34.6 Å². The van der Waals surface area contributed by atoms with Crippen LogP contribution >= 0.6 is 0 Å². The lowest BCUT2D eigenvalue weighted by atomic mass is 9.96. The predicted molar refractivity (Wildman–Crippen MR) is 106 cm³/mol. The largest absolute Gasteiger partial charge is 0.348 e. The van der Waals surface area contributed by atoms with E-state index in [0.717, 1.165) is 45.3 Å². The average Bonchev–Trinajstić information content (AvgIpc) is 2.61. The summed E-state index contributed by atoms with van der Waals surface area (Å²) in [5.74, 6) is -0.323. The quantitative estimate of drug-likeness (QED) is 0.343. The normalized spacial score (nSPS) is 13.5. The molecule has 0 fully saturated rings. The van der Waals surface area contributed by atoms with Crippen LogP contribution in [0.4, 0.5) is 0 Å². The van der Waals surface area contributed by atoms with Gasteiger partial charge < -0.3 is 20.3 Å². The van der Waals surface area contributed by atoms with Crippen molar-refractivity contribution in [3.8, 4) is 0 Å². The molecule has 0 aliphatic heterocycles. The van der Waals surface area contributed by atoms with Crippen molar-refractivity contribution in [1.29, 1.82) is 0 Å². The van der Waals surface area contributed by atoms with Gasteiger partial charge >= 0.3 is 0 Å². The van der Waals surface area contributed by atoms with Crippen molar-refractivity contribution in [3.05, 3.63) is 0 Å². The number of hydrogen-bond donors (Lipinski definition) is 2. The molecule has 0 aliphatic carbocycles. The maximum atomic E-state index is 12.3. The Bertz CT molecular complexity index is 407. The zero-order valence-electron chi connectivity index (χ0n) is 17.3. The van der Waals surface area contributed by atoms with Gasteiger partial charge in [0.1, 0.15) is 12.3 Å². The summed E-state index contributed by atoms with van der Waals surface area (Å²) in [7, 11) is 0. The smallest absolute Gasteiger partial charge is 0.242 e. The van der Waals surface area contributed by atoms with Gasteiger partial charge in [-0.2, -0.15) is 0 Å². The first-order valence-corrected chi connectivity index (χ1v) is 10.1. The Morgan fingerprint density at radius 2 is 1.58 bits per heavy atom. The van der Waals surface area contributed by atoms with Gasteiger partial charge in [0.25, 0.3) is 0 Å². The molecule has 152 valence electrons. The Balaban J connectivity index is 4.58. The van der Waals surface area contributed by atoms with E-state index in [1.54, 1.807) is 0 Å². The standard InChI is InChI=1S/C20H39N3O3/c1-6-12-23(13-7-2)14-9-8-10-18(20(26)21-11-15-24)22-19(25)17(5)16(3)4/h15-18H,6-14H2,1-5H3,(H,21,26)(H,22,25). The SMILES string of the molecule is CCCN(CCC)CCCCC(NC(=O)C(C)C(C)C)C(=O)NCC=O. The highest BCUT2D eigenvalue weighted by Crippen LogP contribution is 2.11. The monoisotopic (exact) mass is 369 g/mol. The molecule has 6 nitrogen and oxygen atoms in total. The summed E-state index contributed by atoms with van der Waals surface area (Å²) in [5, 5.41) is 5.43. The van der Waals surface area contributed by atoms with Crippen LogP contribution in [0.3, 0.4) is 0 Å². The Morgan fingerprint density at radius 1 is 0.962 bits per heavy atom. The average molecular weight is 370 g/mol. The molecular weight excluding hydrogens is 330 g/mol. The molecule has 0 aliphatic rings. The van der Waals surface area contributed by atoms with Crippen LogP contribution in [0.5, 0.6) is 0 Å². The fourth-order valence-corrected chi connectivity index (χ4v) is 2.79. The van der Waals surface area contributed by atoms with Crippen LogP contribution in [0.1, 0.15) is 66.7 Å². The third kappa shape index (κ3) is 10.5. The van der Waals surface area contributed by atoms with Crippen LogP contribution in [0, 0.1) is 11.8 Å². The number of nitrogens with zero attached hydrogens (tertiary/aromatic N) is 1. The maximum Gasteiger partial charge on any atom is 0.242 e. The van der Waals surface area contributed by atoms with Crippen molar-refractivity contribution in [2.75, 3.05) is 26.2 Å². The molecule has 2 N–H and O–H groups in total. The second-order valence-electron chi connectivity index (χ2n) is 7.34. The molecule has 0 aromatic rings. The van der Waals surface area contributed by atoms with E-state index in [-0.39, 0.29) is 30.2 Å². The molecule has 0 radical (unpaired) electrons. The maximum absolute atomic E-state index is 12.3. The van der Waals surface area contributed by atoms with Crippen LogP contribution in [-0.4, -0.2) is 55.2 Å². The fourth-order valence-electron chi connectivity index (χ4n) is 2.79. The van der Waals surface area contributed by atoms with E-state index in [2.05, 4.69) is 29.4 Å². The topological polar surface area (TPSA) is 78.5 Å². The van der Waals surface area contributed by atoms with Crippen molar-refractivity contribution in [3.63, 3.8) is 0 Å². The highest BCUT2D eigenvalue weighted by atomic mass is 16.2. The lowest BCUT2D eigenvalue weighted by Crippen LogP contribution is -2.49. The van der Waals surface area contributed by atoms with Crippen LogP contribution in [0.2, 0.25) is 0 Å².